The molecule has 184 valence electrons. The Morgan fingerprint density at radius 3 is 2.44 bits per heavy atom. The smallest absolute Gasteiger partial charge is 0.406 e. The number of tetrazole rings is 1. The third-order valence-corrected chi connectivity index (χ3v) is 7.20. The van der Waals surface area contributed by atoms with Gasteiger partial charge in [-0.05, 0) is 56.3 Å². The van der Waals surface area contributed by atoms with Crippen LogP contribution in [0.4, 0.5) is 17.6 Å². The van der Waals surface area contributed by atoms with E-state index in [0.29, 0.717) is 0 Å². The number of nitrogens with zero attached hydrogens (tertiary/aromatic N) is 5. The second-order valence-electron chi connectivity index (χ2n) is 7.98. The molecule has 3 rings (SSSR count). The molecule has 3 aromatic rings. The summed E-state index contributed by atoms with van der Waals surface area (Å²) in [6, 6.07) is 6.83. The molecule has 1 unspecified atom stereocenters. The normalized spacial score (nSPS) is 14.6. The lowest BCUT2D eigenvalue weighted by Crippen LogP contribution is -2.54. The topological polar surface area (TPSA) is 146 Å². The van der Waals surface area contributed by atoms with Gasteiger partial charge in [0.15, 0.2) is 0 Å². The maximum Gasteiger partial charge on any atom is 0.573 e. The molecule has 0 saturated carbocycles. The molecule has 2 heterocycles. The second kappa shape index (κ2) is 8.56. The largest absolute Gasteiger partial charge is 0.573 e. The molecule has 10 nitrogen and oxygen atoms in total. The fourth-order valence-electron chi connectivity index (χ4n) is 2.85. The minimum Gasteiger partial charge on any atom is -0.406 e. The number of rotatable bonds is 7. The van der Waals surface area contributed by atoms with E-state index in [1.54, 1.807) is 0 Å². The summed E-state index contributed by atoms with van der Waals surface area (Å²) in [6.45, 7) is 3.36. The minimum atomic E-state index is -4.94. The van der Waals surface area contributed by atoms with Gasteiger partial charge in [0.25, 0.3) is 0 Å². The molecule has 0 bridgehead atoms. The Morgan fingerprint density at radius 1 is 1.15 bits per heavy atom. The molecular formula is C19H20F4N6O4S. The predicted molar refractivity (Wildman–Crippen MR) is 110 cm³/mol. The summed E-state index contributed by atoms with van der Waals surface area (Å²) in [5, 5.41) is 27.8. The van der Waals surface area contributed by atoms with Gasteiger partial charge in [0.2, 0.25) is 15.8 Å². The number of pyridine rings is 1. The van der Waals surface area contributed by atoms with Crippen LogP contribution in [0.15, 0.2) is 36.4 Å². The average molecular weight is 504 g/mol. The van der Waals surface area contributed by atoms with Crippen LogP contribution in [0.3, 0.4) is 0 Å². The van der Waals surface area contributed by atoms with Crippen molar-refractivity contribution in [2.24, 2.45) is 5.14 Å². The minimum absolute atomic E-state index is 0.0385. The summed E-state index contributed by atoms with van der Waals surface area (Å²) in [4.78, 5) is 5.14. The molecule has 1 aromatic carbocycles. The van der Waals surface area contributed by atoms with E-state index in [1.807, 2.05) is 0 Å². The van der Waals surface area contributed by atoms with Crippen LogP contribution in [-0.4, -0.2) is 49.8 Å². The maximum absolute atomic E-state index is 14.1. The van der Waals surface area contributed by atoms with Crippen molar-refractivity contribution in [3.8, 4) is 17.3 Å². The van der Waals surface area contributed by atoms with E-state index in [1.165, 1.54) is 39.0 Å². The number of nitrogens with two attached hydrogens (primary N) is 1. The number of hydrogen-bond acceptors (Lipinski definition) is 8. The Bertz CT molecular complexity index is 1310. The van der Waals surface area contributed by atoms with Crippen LogP contribution in [0, 0.1) is 5.82 Å². The van der Waals surface area contributed by atoms with Crippen molar-refractivity contribution >= 4 is 10.0 Å². The fourth-order valence-corrected chi connectivity index (χ4v) is 3.51. The van der Waals surface area contributed by atoms with Crippen LogP contribution in [0.5, 0.6) is 5.75 Å². The van der Waals surface area contributed by atoms with E-state index in [-0.39, 0.29) is 29.3 Å². The average Bonchev–Trinajstić information content (AvgIpc) is 3.17. The molecule has 0 radical (unpaired) electrons. The van der Waals surface area contributed by atoms with Gasteiger partial charge in [-0.2, -0.15) is 4.80 Å². The Balaban J connectivity index is 1.89. The molecule has 0 aliphatic carbocycles. The van der Waals surface area contributed by atoms with Gasteiger partial charge in [-0.1, -0.05) is 6.07 Å². The highest BCUT2D eigenvalue weighted by atomic mass is 32.2. The first kappa shape index (κ1) is 25.5. The van der Waals surface area contributed by atoms with Crippen LogP contribution >= 0.6 is 0 Å². The van der Waals surface area contributed by atoms with Gasteiger partial charge in [0, 0.05) is 5.56 Å². The summed E-state index contributed by atoms with van der Waals surface area (Å²) in [7, 11) is -4.19. The Labute approximate surface area is 191 Å². The van der Waals surface area contributed by atoms with Gasteiger partial charge in [-0.15, -0.1) is 23.4 Å². The first-order chi connectivity index (χ1) is 15.5. The molecule has 0 saturated heterocycles. The monoisotopic (exact) mass is 504 g/mol. The zero-order valence-electron chi connectivity index (χ0n) is 18.1. The zero-order valence-corrected chi connectivity index (χ0v) is 18.9. The lowest BCUT2D eigenvalue weighted by atomic mass is 9.87. The predicted octanol–water partition coefficient (Wildman–Crippen LogP) is 2.10. The lowest BCUT2D eigenvalue weighted by Gasteiger charge is -2.37. The van der Waals surface area contributed by atoms with Crippen LogP contribution in [0.2, 0.25) is 0 Å². The van der Waals surface area contributed by atoms with Crippen molar-refractivity contribution in [2.45, 2.75) is 44.0 Å². The van der Waals surface area contributed by atoms with Gasteiger partial charge in [-0.25, -0.2) is 22.9 Å². The Morgan fingerprint density at radius 2 is 1.82 bits per heavy atom. The summed E-state index contributed by atoms with van der Waals surface area (Å²) < 4.78 is 77.3. The number of aliphatic hydroxyl groups is 1. The molecule has 0 spiro atoms. The van der Waals surface area contributed by atoms with Crippen LogP contribution < -0.4 is 9.88 Å². The maximum atomic E-state index is 14.1. The highest BCUT2D eigenvalue weighted by Crippen LogP contribution is 2.36. The van der Waals surface area contributed by atoms with E-state index in [9.17, 15) is 31.1 Å². The summed E-state index contributed by atoms with van der Waals surface area (Å²) in [5.41, 5.74) is -2.13. The van der Waals surface area contributed by atoms with E-state index in [4.69, 9.17) is 5.14 Å². The quantitative estimate of drug-likeness (QED) is 0.465. The Kier molecular flexibility index (Phi) is 6.41. The van der Waals surface area contributed by atoms with Crippen molar-refractivity contribution in [1.82, 2.24) is 25.2 Å². The second-order valence-corrected chi connectivity index (χ2v) is 10.1. The number of hydrogen-bond donors (Lipinski definition) is 2. The van der Waals surface area contributed by atoms with Crippen LogP contribution in [0.25, 0.3) is 11.5 Å². The number of primary sulfonamides is 1. The standard InChI is InChI=1S/C19H20F4N6O4S/c1-17(2,34(24,31)32)18(3,30)15-6-4-5-14(25-15)16-26-28-29(27-16)10-11-9-12(7-8-13(11)20)33-19(21,22)23/h4-9,30H,10H2,1-3H3,(H2,24,31,32). The van der Waals surface area contributed by atoms with Gasteiger partial charge >= 0.3 is 6.36 Å². The first-order valence-corrected chi connectivity index (χ1v) is 11.1. The molecule has 1 atom stereocenters. The summed E-state index contributed by atoms with van der Waals surface area (Å²) in [6.07, 6.45) is -4.94. The van der Waals surface area contributed by atoms with Crippen LogP contribution in [0.1, 0.15) is 32.0 Å². The highest BCUT2D eigenvalue weighted by molar-refractivity contribution is 7.90. The molecule has 0 aliphatic rings. The van der Waals surface area contributed by atoms with Crippen LogP contribution in [-0.2, 0) is 22.2 Å². The van der Waals surface area contributed by atoms with E-state index < -0.39 is 38.3 Å². The van der Waals surface area contributed by atoms with Crippen molar-refractivity contribution in [2.75, 3.05) is 0 Å². The fraction of sp³-hybridized carbons (Fsp3) is 0.368. The molecule has 2 aromatic heterocycles. The summed E-state index contributed by atoms with van der Waals surface area (Å²) in [5.74, 6) is -1.48. The third kappa shape index (κ3) is 5.15. The van der Waals surface area contributed by atoms with E-state index in [2.05, 4.69) is 25.1 Å². The van der Waals surface area contributed by atoms with Gasteiger partial charge in [0.05, 0.1) is 12.2 Å². The van der Waals surface area contributed by atoms with Gasteiger partial charge in [-0.3, -0.25) is 0 Å². The van der Waals surface area contributed by atoms with Crippen molar-refractivity contribution < 1.29 is 35.8 Å². The van der Waals surface area contributed by atoms with Crippen molar-refractivity contribution in [3.63, 3.8) is 0 Å². The molecular weight excluding hydrogens is 484 g/mol. The van der Waals surface area contributed by atoms with Gasteiger partial charge < -0.3 is 9.84 Å². The number of aromatic nitrogens is 5. The molecule has 0 amide bonds. The van der Waals surface area contributed by atoms with E-state index in [0.717, 1.165) is 23.0 Å². The first-order valence-electron chi connectivity index (χ1n) is 9.56. The highest BCUT2D eigenvalue weighted by Gasteiger charge is 2.50. The third-order valence-electron chi connectivity index (χ3n) is 5.38. The number of halogens is 4. The number of alkyl halides is 3. The lowest BCUT2D eigenvalue weighted by molar-refractivity contribution is -0.274. The SMILES string of the molecule is CC(O)(c1cccc(-c2nnn(Cc3cc(OC(F)(F)F)ccc3F)n2)n1)C(C)(C)S(N)(=O)=O. The van der Waals surface area contributed by atoms with Crippen molar-refractivity contribution in [3.05, 3.63) is 53.5 Å². The number of sulfonamides is 1. The summed E-state index contributed by atoms with van der Waals surface area (Å²) >= 11 is 0. The Hall–Kier alpha value is -3.17. The molecule has 15 heteroatoms. The zero-order chi connectivity index (χ0) is 25.5. The molecule has 3 N–H and O–H groups in total. The molecule has 0 aliphatic heterocycles. The molecule has 34 heavy (non-hydrogen) atoms. The number of ether oxygens (including phenoxy) is 1. The molecule has 0 fully saturated rings. The van der Waals surface area contributed by atoms with Gasteiger partial charge in [0.1, 0.15) is 27.6 Å². The van der Waals surface area contributed by atoms with Crippen molar-refractivity contribution in [1.29, 1.82) is 0 Å². The van der Waals surface area contributed by atoms with E-state index >= 15 is 0 Å². The number of benzene rings is 1.